The van der Waals surface area contributed by atoms with Crippen molar-refractivity contribution >= 4 is 58.2 Å². The van der Waals surface area contributed by atoms with Gasteiger partial charge in [-0.25, -0.2) is 0 Å². The van der Waals surface area contributed by atoms with Gasteiger partial charge in [-0.15, -0.1) is 27.6 Å². The van der Waals surface area contributed by atoms with Crippen LogP contribution >= 0.6 is 0 Å². The number of rotatable bonds is 9. The molecule has 2 aliphatic heterocycles. The fourth-order valence-electron chi connectivity index (χ4n) is 3.63. The summed E-state index contributed by atoms with van der Waals surface area (Å²) >= 11 is 0. The molecular formula is C45H65CeN2O6-5. The quantitative estimate of drug-likeness (QED) is 0.180. The van der Waals surface area contributed by atoms with Gasteiger partial charge in [0, 0.05) is 58.0 Å². The molecule has 8 nitrogen and oxygen atoms in total. The average molecular weight is 870 g/mol. The van der Waals surface area contributed by atoms with E-state index < -0.39 is 32.5 Å². The number of fused-ring (bicyclic) bond motifs is 3. The first-order valence-corrected chi connectivity index (χ1v) is 17.9. The van der Waals surface area contributed by atoms with Gasteiger partial charge in [0.05, 0.1) is 19.3 Å². The van der Waals surface area contributed by atoms with Crippen LogP contribution < -0.4 is 10.4 Å². The molecule has 2 aliphatic rings. The van der Waals surface area contributed by atoms with Crippen LogP contribution in [0.15, 0.2) is 36.7 Å². The van der Waals surface area contributed by atoms with E-state index in [0.29, 0.717) is 0 Å². The number of nitrogens with zero attached hydrogens (tertiary/aromatic N) is 2. The summed E-state index contributed by atoms with van der Waals surface area (Å²) in [4.78, 5) is 68.7. The molecule has 54 heavy (non-hydrogen) atoms. The van der Waals surface area contributed by atoms with Gasteiger partial charge in [-0.2, -0.15) is 12.4 Å². The summed E-state index contributed by atoms with van der Waals surface area (Å²) in [6.07, 6.45) is 11.6. The van der Waals surface area contributed by atoms with Gasteiger partial charge >= 0.3 is 0 Å². The molecule has 0 amide bonds. The van der Waals surface area contributed by atoms with Crippen LogP contribution in [0.25, 0.3) is 22.8 Å². The van der Waals surface area contributed by atoms with Gasteiger partial charge in [0.15, 0.2) is 0 Å². The predicted octanol–water partition coefficient (Wildman–Crippen LogP) is 9.58. The summed E-state index contributed by atoms with van der Waals surface area (Å²) in [7, 11) is 0. The summed E-state index contributed by atoms with van der Waals surface area (Å²) in [6, 6.07) is 4.15. The molecule has 2 heterocycles. The van der Waals surface area contributed by atoms with Crippen molar-refractivity contribution in [2.45, 2.75) is 123 Å². The molecule has 0 spiro atoms. The van der Waals surface area contributed by atoms with E-state index in [1.54, 1.807) is 53.9 Å². The molecule has 0 atom stereocenters. The van der Waals surface area contributed by atoms with Crippen molar-refractivity contribution in [2.75, 3.05) is 0 Å². The van der Waals surface area contributed by atoms with Gasteiger partial charge in [-0.1, -0.05) is 140 Å². The first-order valence-electron chi connectivity index (χ1n) is 17.9. The minimum Gasteiger partial charge on any atom is -0.665 e. The fraction of sp³-hybridized carbons (Fsp3) is 0.533. The van der Waals surface area contributed by atoms with E-state index >= 15 is 0 Å². The van der Waals surface area contributed by atoms with Crippen LogP contribution in [0.1, 0.15) is 123 Å². The second-order valence-corrected chi connectivity index (χ2v) is 18.7. The Morgan fingerprint density at radius 1 is 0.444 bits per heavy atom. The standard InChI is InChI=1S/C12H8N2.3C11H19O2.Ce/c1-3-9-5-6-10-4-2-8-14-12(10)11(9)13-7-1;3*1-10(2,3)8(12)7-9(13)11(4,5)6;/h1-8H;3*1,7H2,2-6H3;/q-2;3*-1;. The third kappa shape index (κ3) is 19.9. The van der Waals surface area contributed by atoms with E-state index in [0.717, 1.165) is 21.8 Å². The smallest absolute Gasteiger partial charge is 0.145 e. The zero-order valence-corrected chi connectivity index (χ0v) is 38.8. The Kier molecular flexibility index (Phi) is 20.9. The molecule has 1 aromatic rings. The monoisotopic (exact) mass is 869 g/mol. The molecular weight excluding hydrogens is 805 g/mol. The summed E-state index contributed by atoms with van der Waals surface area (Å²) in [5.74, 6) is -0.329. The molecule has 0 fully saturated rings. The Morgan fingerprint density at radius 2 is 0.667 bits per heavy atom. The Morgan fingerprint density at radius 3 is 0.852 bits per heavy atom. The molecule has 0 aromatic heterocycles. The van der Waals surface area contributed by atoms with Crippen LogP contribution in [0, 0.1) is 95.0 Å². The Bertz CT molecular complexity index is 1450. The van der Waals surface area contributed by atoms with Crippen molar-refractivity contribution in [3.63, 3.8) is 0 Å². The fourth-order valence-corrected chi connectivity index (χ4v) is 3.63. The number of carbonyl (C=O) groups excluding carboxylic acids is 6. The van der Waals surface area contributed by atoms with Crippen LogP contribution in [0.3, 0.4) is 0 Å². The maximum atomic E-state index is 11.5. The molecule has 0 aliphatic carbocycles. The first kappa shape index (κ1) is 53.5. The number of hydrogen-bond donors (Lipinski definition) is 0. The normalized spacial score (nSPS) is 13.2. The predicted molar refractivity (Wildman–Crippen MR) is 219 cm³/mol. The van der Waals surface area contributed by atoms with E-state index in [1.807, 2.05) is 74.5 Å². The number of carbonyl (C=O) groups is 6. The minimum absolute atomic E-state index is 0. The van der Waals surface area contributed by atoms with Gasteiger partial charge in [-0.05, 0) is 10.4 Å². The molecule has 9 heteroatoms. The van der Waals surface area contributed by atoms with Crippen molar-refractivity contribution in [3.8, 4) is 0 Å². The molecule has 300 valence electrons. The molecule has 0 N–H and O–H groups in total. The maximum Gasteiger partial charge on any atom is 0.145 e. The first-order chi connectivity index (χ1) is 23.6. The van der Waals surface area contributed by atoms with Crippen LogP contribution in [0.4, 0.5) is 11.4 Å². The Balaban J connectivity index is 0. The largest absolute Gasteiger partial charge is 0.665 e. The third-order valence-electron chi connectivity index (χ3n) is 8.08. The van der Waals surface area contributed by atoms with Crippen molar-refractivity contribution in [1.82, 2.24) is 0 Å². The van der Waals surface area contributed by atoms with Crippen LogP contribution in [-0.4, -0.2) is 34.7 Å². The zero-order valence-electron chi connectivity index (χ0n) is 35.7. The molecule has 1 aromatic carbocycles. The maximum absolute atomic E-state index is 11.5. The number of benzene rings is 1. The average Bonchev–Trinajstić information content (AvgIpc) is 2.99. The second-order valence-electron chi connectivity index (χ2n) is 18.7. The number of Topliss-reactive ketones (excluding diaryl/α,β-unsaturated/α-hetero) is 6. The summed E-state index contributed by atoms with van der Waals surface area (Å²) < 4.78 is 0. The van der Waals surface area contributed by atoms with Crippen molar-refractivity contribution in [2.24, 2.45) is 32.5 Å². The third-order valence-corrected chi connectivity index (χ3v) is 8.08. The van der Waals surface area contributed by atoms with E-state index in [4.69, 9.17) is 0 Å². The zero-order chi connectivity index (χ0) is 42.0. The topological polar surface area (TPSA) is 131 Å². The molecule has 0 saturated carbocycles. The van der Waals surface area contributed by atoms with Gasteiger partial charge in [0.1, 0.15) is 34.7 Å². The van der Waals surface area contributed by atoms with Crippen LogP contribution in [0.2, 0.25) is 0 Å². The van der Waals surface area contributed by atoms with Gasteiger partial charge in [0.25, 0.3) is 0 Å². The van der Waals surface area contributed by atoms with E-state index in [1.165, 1.54) is 0 Å². The van der Waals surface area contributed by atoms with Gasteiger partial charge in [0.2, 0.25) is 0 Å². The number of hydrogen-bond acceptors (Lipinski definition) is 6. The van der Waals surface area contributed by atoms with Crippen LogP contribution in [0.5, 0.6) is 0 Å². The number of ketones is 6. The van der Waals surface area contributed by atoms with Crippen molar-refractivity contribution < 1.29 is 70.5 Å². The molecule has 0 radical (unpaired) electrons. The van der Waals surface area contributed by atoms with E-state index in [2.05, 4.69) is 55.7 Å². The summed E-state index contributed by atoms with van der Waals surface area (Å²) in [6.45, 7) is 37.8. The van der Waals surface area contributed by atoms with E-state index in [-0.39, 0.29) is 95.7 Å². The van der Waals surface area contributed by atoms with Gasteiger partial charge < -0.3 is 45.8 Å². The molecule has 0 bridgehead atoms. The SMILES string of the molecule is C1=C[N-]c2c3c(ccc2=C1)=CC=C[N-]3.[CH2-]C(C)(C)C(=O)CC(=O)C(C)(C)C.[CH2-]C(C)(C)C(=O)CC(=O)C(C)(C)C.[CH2-]C(C)(C)C(=O)CC(=O)C(C)(C)C.[Ce]. The second kappa shape index (κ2) is 21.1. The number of allylic oxidation sites excluding steroid dienone is 2. The van der Waals surface area contributed by atoms with Crippen LogP contribution in [-0.2, 0) is 28.8 Å². The van der Waals surface area contributed by atoms with Crippen molar-refractivity contribution in [1.29, 1.82) is 0 Å². The molecule has 0 saturated heterocycles. The molecule has 0 unspecified atom stereocenters. The van der Waals surface area contributed by atoms with Crippen molar-refractivity contribution in [3.05, 3.63) is 78.5 Å². The summed E-state index contributed by atoms with van der Waals surface area (Å²) in [5, 5.41) is 11.0. The minimum atomic E-state index is -0.652. The Labute approximate surface area is 360 Å². The Hall–Kier alpha value is -2.56. The summed E-state index contributed by atoms with van der Waals surface area (Å²) in [5.41, 5.74) is -1.29. The molecule has 3 rings (SSSR count). The van der Waals surface area contributed by atoms with E-state index in [9.17, 15) is 28.8 Å². The van der Waals surface area contributed by atoms with Gasteiger partial charge in [-0.3, -0.25) is 14.4 Å².